The number of nitrogens with one attached hydrogen (secondary N) is 1. The van der Waals surface area contributed by atoms with E-state index < -0.39 is 0 Å². The zero-order valence-electron chi connectivity index (χ0n) is 11.4. The Hall–Kier alpha value is -0.840. The second-order valence-electron chi connectivity index (χ2n) is 5.39. The van der Waals surface area contributed by atoms with Crippen LogP contribution in [0.1, 0.15) is 37.8 Å². The summed E-state index contributed by atoms with van der Waals surface area (Å²) in [4.78, 5) is 2.48. The van der Waals surface area contributed by atoms with E-state index in [1.165, 1.54) is 0 Å². The molecule has 0 unspecified atom stereocenters. The van der Waals surface area contributed by atoms with Crippen molar-refractivity contribution in [3.05, 3.63) is 23.7 Å². The van der Waals surface area contributed by atoms with E-state index in [-0.39, 0.29) is 6.61 Å². The topological polar surface area (TPSA) is 48.6 Å². The molecule has 2 heterocycles. The molecule has 0 aliphatic carbocycles. The van der Waals surface area contributed by atoms with Gasteiger partial charge in [-0.15, -0.1) is 0 Å². The minimum Gasteiger partial charge on any atom is -0.462 e. The highest BCUT2D eigenvalue weighted by Crippen LogP contribution is 2.29. The molecule has 2 N–H and O–H groups in total. The molecule has 0 saturated carbocycles. The predicted molar refractivity (Wildman–Crippen MR) is 71.3 cm³/mol. The number of hydrogen-bond acceptors (Lipinski definition) is 4. The molecular weight excluding hydrogens is 228 g/mol. The van der Waals surface area contributed by atoms with Crippen molar-refractivity contribution in [2.75, 3.05) is 26.2 Å². The van der Waals surface area contributed by atoms with E-state index in [0.29, 0.717) is 17.7 Å². The van der Waals surface area contributed by atoms with Crippen LogP contribution in [-0.4, -0.2) is 36.2 Å². The lowest BCUT2D eigenvalue weighted by molar-refractivity contribution is 0.131. The monoisotopic (exact) mass is 252 g/mol. The largest absolute Gasteiger partial charge is 0.462 e. The Kier molecular flexibility index (Phi) is 4.80. The summed E-state index contributed by atoms with van der Waals surface area (Å²) in [6, 6.07) is 4.23. The summed E-state index contributed by atoms with van der Waals surface area (Å²) in [5.74, 6) is 2.29. The zero-order valence-corrected chi connectivity index (χ0v) is 11.4. The fourth-order valence-electron chi connectivity index (χ4n) is 2.54. The Morgan fingerprint density at radius 1 is 1.33 bits per heavy atom. The average molecular weight is 252 g/mol. The molecule has 1 aromatic rings. The maximum absolute atomic E-state index is 9.11. The quantitative estimate of drug-likeness (QED) is 0.838. The van der Waals surface area contributed by atoms with Crippen molar-refractivity contribution in [1.82, 2.24) is 10.2 Å². The number of piperazine rings is 1. The van der Waals surface area contributed by atoms with Crippen molar-refractivity contribution < 1.29 is 9.52 Å². The summed E-state index contributed by atoms with van der Waals surface area (Å²) in [6.07, 6.45) is 1.10. The lowest BCUT2D eigenvalue weighted by Crippen LogP contribution is -2.45. The predicted octanol–water partition coefficient (Wildman–Crippen LogP) is 1.76. The lowest BCUT2D eigenvalue weighted by Gasteiger charge is -2.34. The molecule has 4 nitrogen and oxygen atoms in total. The molecule has 0 aromatic carbocycles. The smallest absolute Gasteiger partial charge is 0.129 e. The lowest BCUT2D eigenvalue weighted by atomic mass is 10.00. The maximum atomic E-state index is 9.11. The van der Waals surface area contributed by atoms with Crippen molar-refractivity contribution in [2.45, 2.75) is 32.9 Å². The molecule has 102 valence electrons. The molecule has 0 bridgehead atoms. The van der Waals surface area contributed by atoms with Crippen LogP contribution < -0.4 is 5.32 Å². The van der Waals surface area contributed by atoms with Gasteiger partial charge in [0.25, 0.3) is 0 Å². The molecule has 1 saturated heterocycles. The van der Waals surface area contributed by atoms with Crippen LogP contribution in [0.25, 0.3) is 0 Å². The highest BCUT2D eigenvalue weighted by atomic mass is 16.4. The molecule has 1 atom stereocenters. The Morgan fingerprint density at radius 2 is 2.06 bits per heavy atom. The second-order valence-corrected chi connectivity index (χ2v) is 5.39. The van der Waals surface area contributed by atoms with Gasteiger partial charge in [0.05, 0.1) is 6.04 Å². The molecule has 18 heavy (non-hydrogen) atoms. The molecule has 0 spiro atoms. The molecular formula is C14H24N2O2. The van der Waals surface area contributed by atoms with Gasteiger partial charge >= 0.3 is 0 Å². The summed E-state index contributed by atoms with van der Waals surface area (Å²) in [5, 5.41) is 12.5. The van der Waals surface area contributed by atoms with Crippen LogP contribution in [0.2, 0.25) is 0 Å². The van der Waals surface area contributed by atoms with Crippen LogP contribution in [0.15, 0.2) is 16.5 Å². The maximum Gasteiger partial charge on any atom is 0.129 e. The first-order chi connectivity index (χ1) is 8.70. The third-order valence-corrected chi connectivity index (χ3v) is 3.45. The van der Waals surface area contributed by atoms with Gasteiger partial charge in [0, 0.05) is 26.2 Å². The summed E-state index contributed by atoms with van der Waals surface area (Å²) < 4.78 is 5.74. The fourth-order valence-corrected chi connectivity index (χ4v) is 2.54. The Bertz CT molecular complexity index is 356. The van der Waals surface area contributed by atoms with E-state index in [9.17, 15) is 0 Å². The Balaban J connectivity index is 2.12. The van der Waals surface area contributed by atoms with E-state index in [1.807, 2.05) is 12.1 Å². The van der Waals surface area contributed by atoms with Crippen molar-refractivity contribution in [3.8, 4) is 0 Å². The van der Waals surface area contributed by atoms with Gasteiger partial charge in [-0.2, -0.15) is 0 Å². The fraction of sp³-hybridized carbons (Fsp3) is 0.714. The number of aliphatic hydroxyl groups excluding tert-OH is 1. The average Bonchev–Trinajstić information content (AvgIpc) is 2.85. The molecule has 1 aliphatic rings. The number of furan rings is 1. The Morgan fingerprint density at radius 3 is 2.61 bits per heavy atom. The SMILES string of the molecule is CC(C)C[C@@H](c1ccc(CO)o1)N1CCNCC1. The number of nitrogens with zero attached hydrogens (tertiary/aromatic N) is 1. The van der Waals surface area contributed by atoms with Crippen molar-refractivity contribution in [2.24, 2.45) is 5.92 Å². The van der Waals surface area contributed by atoms with Crippen molar-refractivity contribution in [1.29, 1.82) is 0 Å². The molecule has 2 rings (SSSR count). The van der Waals surface area contributed by atoms with Crippen LogP contribution in [0.3, 0.4) is 0 Å². The van der Waals surface area contributed by atoms with Gasteiger partial charge in [-0.25, -0.2) is 0 Å². The molecule has 0 amide bonds. The molecule has 1 aliphatic heterocycles. The van der Waals surface area contributed by atoms with E-state index in [1.54, 1.807) is 0 Å². The third-order valence-electron chi connectivity index (χ3n) is 3.45. The van der Waals surface area contributed by atoms with E-state index in [4.69, 9.17) is 9.52 Å². The van der Waals surface area contributed by atoms with Crippen molar-refractivity contribution in [3.63, 3.8) is 0 Å². The van der Waals surface area contributed by atoms with Crippen molar-refractivity contribution >= 4 is 0 Å². The molecule has 1 fully saturated rings. The highest BCUT2D eigenvalue weighted by molar-refractivity contribution is 5.11. The van der Waals surface area contributed by atoms with Gasteiger partial charge in [0.1, 0.15) is 18.1 Å². The van der Waals surface area contributed by atoms with E-state index >= 15 is 0 Å². The van der Waals surface area contributed by atoms with Gasteiger partial charge < -0.3 is 14.8 Å². The van der Waals surface area contributed by atoms with Gasteiger partial charge in [0.2, 0.25) is 0 Å². The van der Waals surface area contributed by atoms with Crippen LogP contribution in [0.4, 0.5) is 0 Å². The first-order valence-corrected chi connectivity index (χ1v) is 6.85. The normalized spacial score (nSPS) is 19.3. The third kappa shape index (κ3) is 3.34. The number of rotatable bonds is 5. The molecule has 1 aromatic heterocycles. The number of aliphatic hydroxyl groups is 1. The highest BCUT2D eigenvalue weighted by Gasteiger charge is 2.25. The van der Waals surface area contributed by atoms with Crippen LogP contribution in [0, 0.1) is 5.92 Å². The van der Waals surface area contributed by atoms with Crippen LogP contribution in [-0.2, 0) is 6.61 Å². The standard InChI is InChI=1S/C14H24N2O2/c1-11(2)9-13(16-7-5-15-6-8-16)14-4-3-12(10-17)18-14/h3-4,11,13,15,17H,5-10H2,1-2H3/t13-/m0/s1. The van der Waals surface area contributed by atoms with Crippen LogP contribution in [0.5, 0.6) is 0 Å². The van der Waals surface area contributed by atoms with Gasteiger partial charge in [-0.1, -0.05) is 13.8 Å². The summed E-state index contributed by atoms with van der Waals surface area (Å²) in [6.45, 7) is 8.68. The Labute approximate surface area is 109 Å². The first-order valence-electron chi connectivity index (χ1n) is 6.85. The first kappa shape index (κ1) is 13.6. The minimum absolute atomic E-state index is 0.0179. The second kappa shape index (κ2) is 6.36. The van der Waals surface area contributed by atoms with Gasteiger partial charge in [0.15, 0.2) is 0 Å². The zero-order chi connectivity index (χ0) is 13.0. The summed E-state index contributed by atoms with van der Waals surface area (Å²) in [5.41, 5.74) is 0. The number of hydrogen-bond donors (Lipinski definition) is 2. The van der Waals surface area contributed by atoms with Crippen LogP contribution >= 0.6 is 0 Å². The summed E-state index contributed by atoms with van der Waals surface area (Å²) in [7, 11) is 0. The minimum atomic E-state index is -0.0179. The van der Waals surface area contributed by atoms with Gasteiger partial charge in [-0.3, -0.25) is 4.90 Å². The van der Waals surface area contributed by atoms with E-state index in [0.717, 1.165) is 38.4 Å². The molecule has 0 radical (unpaired) electrons. The van der Waals surface area contributed by atoms with E-state index in [2.05, 4.69) is 24.1 Å². The molecule has 4 heteroatoms. The van der Waals surface area contributed by atoms with Gasteiger partial charge in [-0.05, 0) is 24.5 Å². The summed E-state index contributed by atoms with van der Waals surface area (Å²) >= 11 is 0.